The highest BCUT2D eigenvalue weighted by Crippen LogP contribution is 2.37. The Morgan fingerprint density at radius 1 is 1.30 bits per heavy atom. The highest BCUT2D eigenvalue weighted by molar-refractivity contribution is 5.25. The Balaban J connectivity index is 1.99. The van der Waals surface area contributed by atoms with Gasteiger partial charge in [-0.15, -0.1) is 0 Å². The van der Waals surface area contributed by atoms with E-state index >= 15 is 0 Å². The van der Waals surface area contributed by atoms with Gasteiger partial charge in [0, 0.05) is 18.2 Å². The molecule has 114 valence electrons. The Morgan fingerprint density at radius 3 is 2.40 bits per heavy atom. The quantitative estimate of drug-likeness (QED) is 0.919. The Morgan fingerprint density at radius 2 is 1.95 bits per heavy atom. The van der Waals surface area contributed by atoms with E-state index in [0.29, 0.717) is 12.0 Å². The van der Waals surface area contributed by atoms with Crippen molar-refractivity contribution in [2.45, 2.75) is 78.0 Å². The monoisotopic (exact) mass is 280 g/mol. The number of aromatic nitrogens is 1. The van der Waals surface area contributed by atoms with Crippen molar-refractivity contribution < 1.29 is 9.26 Å². The van der Waals surface area contributed by atoms with Crippen LogP contribution in [0.4, 0.5) is 0 Å². The fourth-order valence-corrected chi connectivity index (χ4v) is 3.49. The second-order valence-electron chi connectivity index (χ2n) is 7.27. The number of nitrogens with one attached hydrogen (secondary N) is 1. The van der Waals surface area contributed by atoms with E-state index in [1.807, 2.05) is 13.8 Å². The van der Waals surface area contributed by atoms with Crippen LogP contribution in [0.1, 0.15) is 64.0 Å². The van der Waals surface area contributed by atoms with Gasteiger partial charge in [0.1, 0.15) is 5.76 Å². The molecule has 2 heterocycles. The summed E-state index contributed by atoms with van der Waals surface area (Å²) in [5, 5.41) is 7.72. The molecule has 0 bridgehead atoms. The maximum atomic E-state index is 6.13. The third-order valence-electron chi connectivity index (χ3n) is 4.33. The fraction of sp³-hybridized carbons (Fsp3) is 0.812. The number of aryl methyl sites for hydroxylation is 2. The van der Waals surface area contributed by atoms with Gasteiger partial charge < -0.3 is 14.6 Å². The van der Waals surface area contributed by atoms with Gasteiger partial charge in [-0.05, 0) is 53.9 Å². The number of nitrogens with zero attached hydrogens (tertiary/aromatic N) is 1. The SMILES string of the molecule is Cc1noc(C)c1[C@H](C)CN[C@H]1CC(C)(C)OC1(C)C. The van der Waals surface area contributed by atoms with Gasteiger partial charge in [0.2, 0.25) is 0 Å². The zero-order chi connectivity index (χ0) is 15.1. The lowest BCUT2D eigenvalue weighted by Gasteiger charge is -2.28. The highest BCUT2D eigenvalue weighted by atomic mass is 16.5. The van der Waals surface area contributed by atoms with E-state index in [9.17, 15) is 0 Å². The standard InChI is InChI=1S/C16H28N2O2/c1-10(14-11(2)18-19-12(14)3)9-17-13-8-15(4,5)20-16(13,6)7/h10,13,17H,8-9H2,1-7H3/t10-,13+/m1/s1. The summed E-state index contributed by atoms with van der Waals surface area (Å²) in [4.78, 5) is 0. The Hall–Kier alpha value is -0.870. The maximum Gasteiger partial charge on any atom is 0.137 e. The van der Waals surface area contributed by atoms with Crippen molar-refractivity contribution >= 4 is 0 Å². The smallest absolute Gasteiger partial charge is 0.137 e. The van der Waals surface area contributed by atoms with Crippen molar-refractivity contribution in [3.8, 4) is 0 Å². The molecule has 0 radical (unpaired) electrons. The van der Waals surface area contributed by atoms with E-state index in [4.69, 9.17) is 9.26 Å². The minimum Gasteiger partial charge on any atom is -0.368 e. The summed E-state index contributed by atoms with van der Waals surface area (Å²) in [5.41, 5.74) is 2.06. The van der Waals surface area contributed by atoms with Crippen molar-refractivity contribution in [1.29, 1.82) is 0 Å². The lowest BCUT2D eigenvalue weighted by Crippen LogP contribution is -2.44. The zero-order valence-electron chi connectivity index (χ0n) is 13.8. The number of hydrogen-bond acceptors (Lipinski definition) is 4. The molecule has 1 aromatic heterocycles. The van der Waals surface area contributed by atoms with Gasteiger partial charge in [-0.3, -0.25) is 0 Å². The average molecular weight is 280 g/mol. The number of rotatable bonds is 4. The molecule has 0 unspecified atom stereocenters. The van der Waals surface area contributed by atoms with Gasteiger partial charge in [0.25, 0.3) is 0 Å². The van der Waals surface area contributed by atoms with Crippen LogP contribution >= 0.6 is 0 Å². The summed E-state index contributed by atoms with van der Waals surface area (Å²) in [6.07, 6.45) is 1.04. The van der Waals surface area contributed by atoms with Crippen molar-refractivity contribution in [3.05, 3.63) is 17.0 Å². The summed E-state index contributed by atoms with van der Waals surface area (Å²) in [5.74, 6) is 1.32. The van der Waals surface area contributed by atoms with E-state index in [1.165, 1.54) is 5.56 Å². The lowest BCUT2D eigenvalue weighted by atomic mass is 9.93. The minimum atomic E-state index is -0.123. The first kappa shape index (κ1) is 15.5. The van der Waals surface area contributed by atoms with Crippen LogP contribution in [-0.2, 0) is 4.74 Å². The van der Waals surface area contributed by atoms with E-state index in [2.05, 4.69) is 45.1 Å². The Labute approximate surface area is 122 Å². The summed E-state index contributed by atoms with van der Waals surface area (Å²) in [6.45, 7) is 15.8. The number of hydrogen-bond donors (Lipinski definition) is 1. The molecule has 0 spiro atoms. The molecular formula is C16H28N2O2. The minimum absolute atomic E-state index is 0.0482. The predicted molar refractivity (Wildman–Crippen MR) is 80.0 cm³/mol. The third kappa shape index (κ3) is 3.07. The first-order chi connectivity index (χ1) is 9.12. The third-order valence-corrected chi connectivity index (χ3v) is 4.33. The molecule has 0 aromatic carbocycles. The van der Waals surface area contributed by atoms with Gasteiger partial charge in [-0.2, -0.15) is 0 Å². The average Bonchev–Trinajstić information content (AvgIpc) is 2.72. The highest BCUT2D eigenvalue weighted by Gasteiger charge is 2.45. The van der Waals surface area contributed by atoms with E-state index in [-0.39, 0.29) is 11.2 Å². The van der Waals surface area contributed by atoms with Crippen LogP contribution in [0, 0.1) is 13.8 Å². The molecule has 1 saturated heterocycles. The molecule has 4 heteroatoms. The zero-order valence-corrected chi connectivity index (χ0v) is 13.8. The van der Waals surface area contributed by atoms with Crippen LogP contribution < -0.4 is 5.32 Å². The molecule has 1 fully saturated rings. The second-order valence-corrected chi connectivity index (χ2v) is 7.27. The summed E-state index contributed by atoms with van der Waals surface area (Å²) in [6, 6.07) is 0.375. The molecule has 0 aliphatic carbocycles. The van der Waals surface area contributed by atoms with Crippen LogP contribution in [0.15, 0.2) is 4.52 Å². The summed E-state index contributed by atoms with van der Waals surface area (Å²) < 4.78 is 11.4. The first-order valence-electron chi connectivity index (χ1n) is 7.49. The normalized spacial score (nSPS) is 25.9. The molecule has 0 amide bonds. The maximum absolute atomic E-state index is 6.13. The van der Waals surface area contributed by atoms with Gasteiger partial charge in [-0.1, -0.05) is 12.1 Å². The van der Waals surface area contributed by atoms with Gasteiger partial charge >= 0.3 is 0 Å². The van der Waals surface area contributed by atoms with E-state index in [0.717, 1.165) is 24.4 Å². The fourth-order valence-electron chi connectivity index (χ4n) is 3.49. The molecule has 2 atom stereocenters. The molecule has 0 saturated carbocycles. The molecule has 1 aromatic rings. The van der Waals surface area contributed by atoms with Crippen molar-refractivity contribution in [2.75, 3.05) is 6.54 Å². The molecular weight excluding hydrogens is 252 g/mol. The van der Waals surface area contributed by atoms with Crippen molar-refractivity contribution in [1.82, 2.24) is 10.5 Å². The molecule has 1 aliphatic rings. The van der Waals surface area contributed by atoms with Crippen LogP contribution in [0.5, 0.6) is 0 Å². The van der Waals surface area contributed by atoms with E-state index in [1.54, 1.807) is 0 Å². The van der Waals surface area contributed by atoms with Crippen LogP contribution in [0.25, 0.3) is 0 Å². The summed E-state index contributed by atoms with van der Waals surface area (Å²) >= 11 is 0. The second kappa shape index (κ2) is 5.15. The molecule has 4 nitrogen and oxygen atoms in total. The predicted octanol–water partition coefficient (Wildman–Crippen LogP) is 3.33. The van der Waals surface area contributed by atoms with Gasteiger partial charge in [-0.25, -0.2) is 0 Å². The van der Waals surface area contributed by atoms with Crippen LogP contribution in [0.2, 0.25) is 0 Å². The van der Waals surface area contributed by atoms with Crippen LogP contribution in [-0.4, -0.2) is 28.9 Å². The topological polar surface area (TPSA) is 47.3 Å². The first-order valence-corrected chi connectivity index (χ1v) is 7.49. The molecule has 20 heavy (non-hydrogen) atoms. The van der Waals surface area contributed by atoms with E-state index < -0.39 is 0 Å². The van der Waals surface area contributed by atoms with Gasteiger partial charge in [0.15, 0.2) is 0 Å². The summed E-state index contributed by atoms with van der Waals surface area (Å²) in [7, 11) is 0. The Kier molecular flexibility index (Phi) is 4.00. The number of ether oxygens (including phenoxy) is 1. The largest absolute Gasteiger partial charge is 0.368 e. The van der Waals surface area contributed by atoms with Gasteiger partial charge in [0.05, 0.1) is 16.9 Å². The van der Waals surface area contributed by atoms with Crippen molar-refractivity contribution in [3.63, 3.8) is 0 Å². The van der Waals surface area contributed by atoms with Crippen LogP contribution in [0.3, 0.4) is 0 Å². The molecule has 1 N–H and O–H groups in total. The molecule has 1 aliphatic heterocycles. The Bertz CT molecular complexity index is 457. The molecule has 2 rings (SSSR count). The van der Waals surface area contributed by atoms with Crippen molar-refractivity contribution in [2.24, 2.45) is 0 Å². The lowest BCUT2D eigenvalue weighted by molar-refractivity contribution is -0.0698.